The molecule has 8 nitrogen and oxygen atoms in total. The van der Waals surface area contributed by atoms with Crippen molar-refractivity contribution in [1.29, 1.82) is 0 Å². The lowest BCUT2D eigenvalue weighted by molar-refractivity contribution is -0.139. The highest BCUT2D eigenvalue weighted by atomic mass is 16.5. The number of carboxylic acid groups (broad SMARTS) is 1. The van der Waals surface area contributed by atoms with Crippen molar-refractivity contribution >= 4 is 28.9 Å². The minimum absolute atomic E-state index is 0.279. The van der Waals surface area contributed by atoms with Gasteiger partial charge in [0, 0.05) is 11.1 Å². The number of hydrogen-bond acceptors (Lipinski definition) is 5. The van der Waals surface area contributed by atoms with Gasteiger partial charge in [0.2, 0.25) is 0 Å². The van der Waals surface area contributed by atoms with Crippen molar-refractivity contribution in [3.05, 3.63) is 83.0 Å². The van der Waals surface area contributed by atoms with E-state index >= 15 is 0 Å². The van der Waals surface area contributed by atoms with Crippen LogP contribution >= 0.6 is 0 Å². The van der Waals surface area contributed by atoms with Crippen molar-refractivity contribution in [2.24, 2.45) is 5.10 Å². The molecule has 0 radical (unpaired) electrons. The van der Waals surface area contributed by atoms with Crippen molar-refractivity contribution in [3.8, 4) is 17.0 Å². The summed E-state index contributed by atoms with van der Waals surface area (Å²) in [5, 5.41) is 22.3. The standard InChI is InChI=1S/C25H20N4O4/c30-23(31)14-33-22-7-2-1-4-17(22)13-26-29-25(32)21-12-20(27-28-21)18-11-10-16-9-8-15-5-3-6-19(18)24(15)16/h1-7,10-13H,8-9,14H2,(H,27,28)(H,29,32)(H,30,31)/b26-13-. The summed E-state index contributed by atoms with van der Waals surface area (Å²) in [7, 11) is 0. The van der Waals surface area contributed by atoms with Gasteiger partial charge in [-0.25, -0.2) is 10.2 Å². The van der Waals surface area contributed by atoms with Gasteiger partial charge < -0.3 is 9.84 Å². The number of aromatic amines is 1. The molecule has 1 aromatic heterocycles. The molecule has 1 aliphatic carbocycles. The molecular formula is C25H20N4O4. The lowest BCUT2D eigenvalue weighted by Gasteiger charge is -2.06. The number of para-hydroxylation sites is 1. The lowest BCUT2D eigenvalue weighted by Crippen LogP contribution is -2.18. The number of aryl methyl sites for hydroxylation is 2. The molecule has 1 aliphatic rings. The molecule has 8 heteroatoms. The van der Waals surface area contributed by atoms with E-state index in [1.54, 1.807) is 30.3 Å². The molecule has 0 atom stereocenters. The fraction of sp³-hybridized carbons (Fsp3) is 0.120. The van der Waals surface area contributed by atoms with E-state index in [2.05, 4.69) is 51.1 Å². The molecular weight excluding hydrogens is 420 g/mol. The van der Waals surface area contributed by atoms with Gasteiger partial charge in [-0.3, -0.25) is 9.89 Å². The van der Waals surface area contributed by atoms with E-state index in [1.807, 2.05) is 0 Å². The number of nitrogens with one attached hydrogen (secondary N) is 2. The van der Waals surface area contributed by atoms with Gasteiger partial charge in [0.15, 0.2) is 6.61 Å². The predicted molar refractivity (Wildman–Crippen MR) is 124 cm³/mol. The number of carbonyl (C=O) groups excluding carboxylic acids is 1. The highest BCUT2D eigenvalue weighted by Gasteiger charge is 2.18. The maximum Gasteiger partial charge on any atom is 0.341 e. The van der Waals surface area contributed by atoms with E-state index in [1.165, 1.54) is 22.7 Å². The summed E-state index contributed by atoms with van der Waals surface area (Å²) in [6.07, 6.45) is 3.50. The number of carbonyl (C=O) groups is 2. The molecule has 0 bridgehead atoms. The Bertz CT molecular complexity index is 1400. The van der Waals surface area contributed by atoms with Gasteiger partial charge in [0.05, 0.1) is 11.9 Å². The Kier molecular flexibility index (Phi) is 5.32. The molecule has 3 aromatic carbocycles. The van der Waals surface area contributed by atoms with Crippen LogP contribution < -0.4 is 10.2 Å². The fourth-order valence-electron chi connectivity index (χ4n) is 4.12. The van der Waals surface area contributed by atoms with Gasteiger partial charge >= 0.3 is 5.97 Å². The van der Waals surface area contributed by atoms with Gasteiger partial charge in [0.25, 0.3) is 5.91 Å². The largest absolute Gasteiger partial charge is 0.481 e. The molecule has 0 aliphatic heterocycles. The van der Waals surface area contributed by atoms with Gasteiger partial charge in [-0.05, 0) is 52.9 Å². The molecule has 3 N–H and O–H groups in total. The first kappa shape index (κ1) is 20.4. The second kappa shape index (κ2) is 8.58. The summed E-state index contributed by atoms with van der Waals surface area (Å²) < 4.78 is 5.23. The summed E-state index contributed by atoms with van der Waals surface area (Å²) in [5.74, 6) is -1.17. The number of H-pyrrole nitrogens is 1. The molecule has 33 heavy (non-hydrogen) atoms. The first-order valence-electron chi connectivity index (χ1n) is 10.5. The number of carboxylic acids is 1. The normalized spacial score (nSPS) is 12.4. The van der Waals surface area contributed by atoms with Crippen molar-refractivity contribution in [1.82, 2.24) is 15.6 Å². The van der Waals surface area contributed by atoms with Crippen LogP contribution in [0, 0.1) is 0 Å². The van der Waals surface area contributed by atoms with Crippen molar-refractivity contribution in [2.45, 2.75) is 12.8 Å². The Morgan fingerprint density at radius 3 is 2.76 bits per heavy atom. The van der Waals surface area contributed by atoms with Crippen molar-refractivity contribution < 1.29 is 19.4 Å². The number of ether oxygens (including phenoxy) is 1. The molecule has 0 fully saturated rings. The van der Waals surface area contributed by atoms with Crippen LogP contribution in [0.3, 0.4) is 0 Å². The predicted octanol–water partition coefficient (Wildman–Crippen LogP) is 3.56. The Morgan fingerprint density at radius 1 is 1.09 bits per heavy atom. The number of nitrogens with zero attached hydrogens (tertiary/aromatic N) is 2. The van der Waals surface area contributed by atoms with E-state index in [0.717, 1.165) is 23.8 Å². The monoisotopic (exact) mass is 440 g/mol. The zero-order valence-corrected chi connectivity index (χ0v) is 17.5. The highest BCUT2D eigenvalue weighted by molar-refractivity contribution is 6.02. The second-order valence-corrected chi connectivity index (χ2v) is 7.70. The van der Waals surface area contributed by atoms with Crippen molar-refractivity contribution in [3.63, 3.8) is 0 Å². The first-order chi connectivity index (χ1) is 16.1. The third-order valence-electron chi connectivity index (χ3n) is 5.62. The van der Waals surface area contributed by atoms with Crippen LogP contribution in [0.15, 0.2) is 65.8 Å². The Balaban J connectivity index is 1.33. The molecule has 1 amide bonds. The first-order valence-corrected chi connectivity index (χ1v) is 10.5. The maximum atomic E-state index is 12.6. The third kappa shape index (κ3) is 4.06. The molecule has 4 aromatic rings. The number of aliphatic carboxylic acids is 1. The number of hydrazone groups is 1. The van der Waals surface area contributed by atoms with Crippen LogP contribution in [-0.2, 0) is 17.6 Å². The van der Waals surface area contributed by atoms with Gasteiger partial charge in [0.1, 0.15) is 11.4 Å². The zero-order valence-electron chi connectivity index (χ0n) is 17.5. The molecule has 0 saturated heterocycles. The van der Waals surface area contributed by atoms with Gasteiger partial charge in [-0.15, -0.1) is 0 Å². The average Bonchev–Trinajstić information content (AvgIpc) is 3.48. The van der Waals surface area contributed by atoms with E-state index in [0.29, 0.717) is 17.0 Å². The second-order valence-electron chi connectivity index (χ2n) is 7.70. The molecule has 164 valence electrons. The van der Waals surface area contributed by atoms with E-state index in [9.17, 15) is 9.59 Å². The van der Waals surface area contributed by atoms with Crippen LogP contribution in [-0.4, -0.2) is 40.0 Å². The maximum absolute atomic E-state index is 12.6. The topological polar surface area (TPSA) is 117 Å². The van der Waals surface area contributed by atoms with E-state index in [-0.39, 0.29) is 5.69 Å². The summed E-state index contributed by atoms with van der Waals surface area (Å²) in [4.78, 5) is 23.3. The number of amides is 1. The number of aromatic nitrogens is 2. The Hall–Kier alpha value is -4.46. The molecule has 1 heterocycles. The average molecular weight is 440 g/mol. The Morgan fingerprint density at radius 2 is 1.91 bits per heavy atom. The summed E-state index contributed by atoms with van der Waals surface area (Å²) in [6.45, 7) is -0.467. The quantitative estimate of drug-likeness (QED) is 0.300. The fourth-order valence-corrected chi connectivity index (χ4v) is 4.12. The Labute approximate surface area is 188 Å². The number of hydrogen-bond donors (Lipinski definition) is 3. The van der Waals surface area contributed by atoms with Gasteiger partial charge in [-0.1, -0.05) is 42.5 Å². The SMILES string of the molecule is O=C(O)COc1ccccc1/C=N\NC(=O)c1cc(-c2ccc3c4c(cccc24)CC3)n[nH]1. The van der Waals surface area contributed by atoms with Crippen LogP contribution in [0.2, 0.25) is 0 Å². The molecule has 0 saturated carbocycles. The minimum Gasteiger partial charge on any atom is -0.481 e. The zero-order chi connectivity index (χ0) is 22.8. The minimum atomic E-state index is -1.08. The third-order valence-corrected chi connectivity index (χ3v) is 5.62. The van der Waals surface area contributed by atoms with E-state index in [4.69, 9.17) is 9.84 Å². The molecule has 0 spiro atoms. The van der Waals surface area contributed by atoms with Crippen LogP contribution in [0.25, 0.3) is 22.0 Å². The highest BCUT2D eigenvalue weighted by Crippen LogP contribution is 2.36. The molecule has 0 unspecified atom stereocenters. The van der Waals surface area contributed by atoms with Crippen molar-refractivity contribution in [2.75, 3.05) is 6.61 Å². The lowest BCUT2D eigenvalue weighted by atomic mass is 9.98. The van der Waals surface area contributed by atoms with Crippen LogP contribution in [0.4, 0.5) is 0 Å². The number of rotatable bonds is 7. The number of benzene rings is 3. The van der Waals surface area contributed by atoms with Crippen LogP contribution in [0.1, 0.15) is 27.2 Å². The molecule has 5 rings (SSSR count). The van der Waals surface area contributed by atoms with E-state index < -0.39 is 18.5 Å². The summed E-state index contributed by atoms with van der Waals surface area (Å²) >= 11 is 0. The smallest absolute Gasteiger partial charge is 0.341 e. The van der Waals surface area contributed by atoms with Crippen LogP contribution in [0.5, 0.6) is 5.75 Å². The summed E-state index contributed by atoms with van der Waals surface area (Å²) in [6, 6.07) is 19.0. The summed E-state index contributed by atoms with van der Waals surface area (Å²) in [5.41, 5.74) is 7.63. The van der Waals surface area contributed by atoms with Gasteiger partial charge in [-0.2, -0.15) is 10.2 Å².